The standard InChI is InChI=1S/C14H15N5O2/c1-9-4-6-11(7-5-9)13-16-14(21-18-13)19(3)8-12-15-10(2)20-17-12/h4-7H,8H2,1-3H3. The molecule has 108 valence electrons. The summed E-state index contributed by atoms with van der Waals surface area (Å²) >= 11 is 0. The zero-order valence-electron chi connectivity index (χ0n) is 12.1. The predicted octanol–water partition coefficient (Wildman–Crippen LogP) is 2.37. The number of anilines is 1. The Balaban J connectivity index is 1.76. The van der Waals surface area contributed by atoms with Crippen LogP contribution in [-0.2, 0) is 6.54 Å². The molecular formula is C14H15N5O2. The zero-order valence-corrected chi connectivity index (χ0v) is 12.1. The van der Waals surface area contributed by atoms with Gasteiger partial charge < -0.3 is 13.9 Å². The van der Waals surface area contributed by atoms with Gasteiger partial charge in [0.05, 0.1) is 6.54 Å². The molecule has 0 aliphatic rings. The largest absolute Gasteiger partial charge is 0.340 e. The Hall–Kier alpha value is -2.70. The van der Waals surface area contributed by atoms with Gasteiger partial charge in [-0.15, -0.1) is 0 Å². The number of nitrogens with zero attached hydrogens (tertiary/aromatic N) is 5. The molecule has 0 atom stereocenters. The average Bonchev–Trinajstić information content (AvgIpc) is 3.09. The summed E-state index contributed by atoms with van der Waals surface area (Å²) in [5.41, 5.74) is 2.10. The van der Waals surface area contributed by atoms with Gasteiger partial charge in [0.25, 0.3) is 0 Å². The van der Waals surface area contributed by atoms with E-state index < -0.39 is 0 Å². The number of aromatic nitrogens is 4. The van der Waals surface area contributed by atoms with Crippen LogP contribution in [0, 0.1) is 13.8 Å². The van der Waals surface area contributed by atoms with Crippen molar-refractivity contribution in [2.75, 3.05) is 11.9 Å². The van der Waals surface area contributed by atoms with Crippen LogP contribution in [-0.4, -0.2) is 27.3 Å². The zero-order chi connectivity index (χ0) is 14.8. The van der Waals surface area contributed by atoms with Crippen molar-refractivity contribution >= 4 is 6.01 Å². The topological polar surface area (TPSA) is 81.1 Å². The summed E-state index contributed by atoms with van der Waals surface area (Å²) in [5, 5.41) is 7.83. The van der Waals surface area contributed by atoms with E-state index in [0.717, 1.165) is 5.56 Å². The molecule has 2 aromatic heterocycles. The lowest BCUT2D eigenvalue weighted by molar-refractivity contribution is 0.385. The molecule has 7 nitrogen and oxygen atoms in total. The third-order valence-corrected chi connectivity index (χ3v) is 3.00. The van der Waals surface area contributed by atoms with Crippen LogP contribution in [0.5, 0.6) is 0 Å². The van der Waals surface area contributed by atoms with Crippen LogP contribution < -0.4 is 4.90 Å². The van der Waals surface area contributed by atoms with E-state index in [2.05, 4.69) is 20.3 Å². The quantitative estimate of drug-likeness (QED) is 0.727. The minimum Gasteiger partial charge on any atom is -0.340 e. The van der Waals surface area contributed by atoms with Crippen molar-refractivity contribution in [3.8, 4) is 11.4 Å². The molecule has 7 heteroatoms. The van der Waals surface area contributed by atoms with Crippen LogP contribution in [0.2, 0.25) is 0 Å². The first-order valence-corrected chi connectivity index (χ1v) is 6.53. The monoisotopic (exact) mass is 285 g/mol. The van der Waals surface area contributed by atoms with Crippen molar-refractivity contribution in [3.63, 3.8) is 0 Å². The molecule has 0 radical (unpaired) electrons. The smallest absolute Gasteiger partial charge is 0.324 e. The van der Waals surface area contributed by atoms with Crippen molar-refractivity contribution in [2.24, 2.45) is 0 Å². The second-order valence-corrected chi connectivity index (χ2v) is 4.85. The normalized spacial score (nSPS) is 10.8. The fourth-order valence-corrected chi connectivity index (χ4v) is 1.88. The molecular weight excluding hydrogens is 270 g/mol. The van der Waals surface area contributed by atoms with E-state index in [1.165, 1.54) is 5.56 Å². The number of hydrogen-bond acceptors (Lipinski definition) is 7. The van der Waals surface area contributed by atoms with E-state index in [1.54, 1.807) is 11.8 Å². The SMILES string of the molecule is Cc1ccc(-c2noc(N(C)Cc3noc(C)n3)n2)cc1. The Morgan fingerprint density at radius 3 is 2.43 bits per heavy atom. The Morgan fingerprint density at radius 2 is 1.76 bits per heavy atom. The Bertz CT molecular complexity index is 732. The summed E-state index contributed by atoms with van der Waals surface area (Å²) in [6.07, 6.45) is 0. The van der Waals surface area contributed by atoms with E-state index in [-0.39, 0.29) is 0 Å². The van der Waals surface area contributed by atoms with Crippen LogP contribution in [0.1, 0.15) is 17.3 Å². The number of aryl methyl sites for hydroxylation is 2. The number of benzene rings is 1. The lowest BCUT2D eigenvalue weighted by Crippen LogP contribution is -2.17. The van der Waals surface area contributed by atoms with E-state index in [4.69, 9.17) is 9.05 Å². The molecule has 0 saturated heterocycles. The van der Waals surface area contributed by atoms with Crippen molar-refractivity contribution < 1.29 is 9.05 Å². The summed E-state index contributed by atoms with van der Waals surface area (Å²) in [6.45, 7) is 4.22. The second-order valence-electron chi connectivity index (χ2n) is 4.85. The third-order valence-electron chi connectivity index (χ3n) is 3.00. The molecule has 0 amide bonds. The van der Waals surface area contributed by atoms with Gasteiger partial charge in [0.15, 0.2) is 5.82 Å². The summed E-state index contributed by atoms with van der Waals surface area (Å²) in [5.74, 6) is 1.66. The van der Waals surface area contributed by atoms with E-state index in [0.29, 0.717) is 30.1 Å². The van der Waals surface area contributed by atoms with Gasteiger partial charge in [-0.3, -0.25) is 0 Å². The van der Waals surface area contributed by atoms with Gasteiger partial charge in [-0.1, -0.05) is 40.1 Å². The number of rotatable bonds is 4. The highest BCUT2D eigenvalue weighted by Gasteiger charge is 2.14. The molecule has 3 aromatic rings. The van der Waals surface area contributed by atoms with Gasteiger partial charge in [0.2, 0.25) is 11.7 Å². The van der Waals surface area contributed by atoms with Crippen molar-refractivity contribution in [1.29, 1.82) is 0 Å². The Kier molecular flexibility index (Phi) is 3.39. The van der Waals surface area contributed by atoms with Gasteiger partial charge in [0.1, 0.15) is 0 Å². The molecule has 21 heavy (non-hydrogen) atoms. The summed E-state index contributed by atoms with van der Waals surface area (Å²) in [6, 6.07) is 8.36. The van der Waals surface area contributed by atoms with Crippen molar-refractivity contribution in [3.05, 3.63) is 41.5 Å². The Morgan fingerprint density at radius 1 is 1.00 bits per heavy atom. The molecule has 0 spiro atoms. The first-order valence-electron chi connectivity index (χ1n) is 6.53. The molecule has 0 unspecified atom stereocenters. The molecule has 0 saturated carbocycles. The van der Waals surface area contributed by atoms with Gasteiger partial charge >= 0.3 is 6.01 Å². The maximum atomic E-state index is 5.27. The van der Waals surface area contributed by atoms with Gasteiger partial charge in [-0.2, -0.15) is 9.97 Å². The molecule has 0 aliphatic heterocycles. The van der Waals surface area contributed by atoms with Crippen LogP contribution in [0.15, 0.2) is 33.3 Å². The van der Waals surface area contributed by atoms with E-state index in [9.17, 15) is 0 Å². The van der Waals surface area contributed by atoms with Crippen LogP contribution in [0.4, 0.5) is 6.01 Å². The molecule has 2 heterocycles. The van der Waals surface area contributed by atoms with Crippen molar-refractivity contribution in [2.45, 2.75) is 20.4 Å². The third kappa shape index (κ3) is 2.91. The summed E-state index contributed by atoms with van der Waals surface area (Å²) in [7, 11) is 1.83. The van der Waals surface area contributed by atoms with Crippen LogP contribution >= 0.6 is 0 Å². The molecule has 0 aliphatic carbocycles. The van der Waals surface area contributed by atoms with Crippen molar-refractivity contribution in [1.82, 2.24) is 20.3 Å². The summed E-state index contributed by atoms with van der Waals surface area (Å²) in [4.78, 5) is 10.3. The van der Waals surface area contributed by atoms with Gasteiger partial charge in [-0.25, -0.2) is 0 Å². The van der Waals surface area contributed by atoms with Crippen LogP contribution in [0.3, 0.4) is 0 Å². The van der Waals surface area contributed by atoms with E-state index in [1.807, 2.05) is 38.2 Å². The summed E-state index contributed by atoms with van der Waals surface area (Å²) < 4.78 is 10.2. The molecule has 0 fully saturated rings. The molecule has 3 rings (SSSR count). The number of hydrogen-bond donors (Lipinski definition) is 0. The van der Waals surface area contributed by atoms with E-state index >= 15 is 0 Å². The maximum absolute atomic E-state index is 5.27. The lowest BCUT2D eigenvalue weighted by Gasteiger charge is -2.09. The predicted molar refractivity (Wildman–Crippen MR) is 75.6 cm³/mol. The highest BCUT2D eigenvalue weighted by Crippen LogP contribution is 2.20. The fourth-order valence-electron chi connectivity index (χ4n) is 1.88. The van der Waals surface area contributed by atoms with Gasteiger partial charge in [0, 0.05) is 19.5 Å². The minimum absolute atomic E-state index is 0.410. The first kappa shape index (κ1) is 13.3. The first-order chi connectivity index (χ1) is 10.1. The fraction of sp³-hybridized carbons (Fsp3) is 0.286. The van der Waals surface area contributed by atoms with Gasteiger partial charge in [-0.05, 0) is 6.92 Å². The lowest BCUT2D eigenvalue weighted by atomic mass is 10.1. The molecule has 0 N–H and O–H groups in total. The molecule has 1 aromatic carbocycles. The molecule has 0 bridgehead atoms. The Labute approximate surface area is 121 Å². The van der Waals surface area contributed by atoms with Crippen LogP contribution in [0.25, 0.3) is 11.4 Å². The highest BCUT2D eigenvalue weighted by molar-refractivity contribution is 5.55. The second kappa shape index (κ2) is 5.35. The minimum atomic E-state index is 0.410. The highest BCUT2D eigenvalue weighted by atomic mass is 16.5. The average molecular weight is 285 g/mol. The maximum Gasteiger partial charge on any atom is 0.324 e.